The Morgan fingerprint density at radius 2 is 1.74 bits per heavy atom. The fourth-order valence-electron chi connectivity index (χ4n) is 4.44. The molecule has 0 aliphatic heterocycles. The molecule has 11 heteroatoms. The second-order valence-electron chi connectivity index (χ2n) is 9.57. The van der Waals surface area contributed by atoms with E-state index in [1.54, 1.807) is 24.3 Å². The number of ether oxygens (including phenoxy) is 2. The number of aromatic nitrogens is 1. The molecule has 0 unspecified atom stereocenters. The molecule has 2 amide bonds. The summed E-state index contributed by atoms with van der Waals surface area (Å²) in [6, 6.07) is 18.4. The minimum Gasteiger partial charge on any atom is -0.496 e. The van der Waals surface area contributed by atoms with Crippen LogP contribution in [-0.4, -0.2) is 60.1 Å². The lowest BCUT2D eigenvalue weighted by molar-refractivity contribution is -0.119. The van der Waals surface area contributed by atoms with Gasteiger partial charge >= 0.3 is 0 Å². The molecule has 0 fully saturated rings. The molecule has 1 heterocycles. The monoisotopic (exact) mass is 603 g/mol. The van der Waals surface area contributed by atoms with Crippen LogP contribution in [0, 0.1) is 5.82 Å². The summed E-state index contributed by atoms with van der Waals surface area (Å²) in [6.45, 7) is 7.12. The van der Waals surface area contributed by atoms with Crippen LogP contribution in [0.3, 0.4) is 0 Å². The summed E-state index contributed by atoms with van der Waals surface area (Å²) < 4.78 is 26.5. The molecule has 3 aromatic carbocycles. The van der Waals surface area contributed by atoms with Crippen LogP contribution in [0.2, 0.25) is 0 Å². The van der Waals surface area contributed by atoms with Gasteiger partial charge in [-0.1, -0.05) is 44.2 Å². The number of nitrogens with zero attached hydrogens (tertiary/aromatic N) is 2. The number of pyridine rings is 1. The Kier molecular flexibility index (Phi) is 11.0. The van der Waals surface area contributed by atoms with E-state index in [1.807, 2.05) is 30.3 Å². The number of halogens is 1. The zero-order chi connectivity index (χ0) is 30.8. The second kappa shape index (κ2) is 15.0. The van der Waals surface area contributed by atoms with Gasteiger partial charge in [0, 0.05) is 42.5 Å². The summed E-state index contributed by atoms with van der Waals surface area (Å²) >= 11 is 5.22. The summed E-state index contributed by atoms with van der Waals surface area (Å²) in [5, 5.41) is 8.91. The number of thiocarbonyl (C=S) groups is 1. The minimum atomic E-state index is -0.656. The molecule has 1 aromatic heterocycles. The highest BCUT2D eigenvalue weighted by molar-refractivity contribution is 7.80. The van der Waals surface area contributed by atoms with Crippen LogP contribution >= 0.6 is 12.2 Å². The van der Waals surface area contributed by atoms with Gasteiger partial charge < -0.3 is 30.3 Å². The van der Waals surface area contributed by atoms with E-state index in [0.717, 1.165) is 25.2 Å². The second-order valence-corrected chi connectivity index (χ2v) is 9.98. The largest absolute Gasteiger partial charge is 0.496 e. The van der Waals surface area contributed by atoms with E-state index in [-0.39, 0.29) is 29.1 Å². The first-order valence-corrected chi connectivity index (χ1v) is 14.3. The Morgan fingerprint density at radius 3 is 2.44 bits per heavy atom. The summed E-state index contributed by atoms with van der Waals surface area (Å²) in [5.41, 5.74) is 2.02. The maximum absolute atomic E-state index is 15.1. The fourth-order valence-corrected chi connectivity index (χ4v) is 4.67. The van der Waals surface area contributed by atoms with E-state index >= 15 is 4.39 Å². The molecule has 0 saturated heterocycles. The van der Waals surface area contributed by atoms with E-state index in [4.69, 9.17) is 21.7 Å². The van der Waals surface area contributed by atoms with Gasteiger partial charge in [-0.05, 0) is 55.1 Å². The summed E-state index contributed by atoms with van der Waals surface area (Å²) in [6.07, 6.45) is 1.70. The predicted molar refractivity (Wildman–Crippen MR) is 169 cm³/mol. The van der Waals surface area contributed by atoms with E-state index in [2.05, 4.69) is 39.7 Å². The number of fused-ring (bicyclic) bond motifs is 1. The van der Waals surface area contributed by atoms with Crippen molar-refractivity contribution in [3.63, 3.8) is 0 Å². The zero-order valence-corrected chi connectivity index (χ0v) is 25.1. The predicted octanol–water partition coefficient (Wildman–Crippen LogP) is 5.30. The molecule has 9 nitrogen and oxygen atoms in total. The highest BCUT2D eigenvalue weighted by Crippen LogP contribution is 2.34. The number of amides is 2. The van der Waals surface area contributed by atoms with E-state index in [1.165, 1.54) is 25.4 Å². The van der Waals surface area contributed by atoms with Crippen LogP contribution in [0.5, 0.6) is 17.2 Å². The third-order valence-corrected chi connectivity index (χ3v) is 6.95. The molecule has 224 valence electrons. The van der Waals surface area contributed by atoms with Gasteiger partial charge in [-0.15, -0.1) is 0 Å². The smallest absolute Gasteiger partial charge is 0.255 e. The molecule has 4 rings (SSSR count). The number of hydrogen-bond donors (Lipinski definition) is 3. The number of likely N-dealkylation sites (N-methyl/N-ethyl adjacent to an activating group) is 1. The molecule has 0 aliphatic carbocycles. The number of hydrogen-bond acceptors (Lipinski definition) is 7. The van der Waals surface area contributed by atoms with Crippen molar-refractivity contribution in [3.05, 3.63) is 89.9 Å². The average Bonchev–Trinajstić information content (AvgIpc) is 3.00. The quantitative estimate of drug-likeness (QED) is 0.188. The van der Waals surface area contributed by atoms with Gasteiger partial charge in [-0.2, -0.15) is 0 Å². The first-order chi connectivity index (χ1) is 20.8. The minimum absolute atomic E-state index is 0.0434. The van der Waals surface area contributed by atoms with Crippen molar-refractivity contribution in [2.24, 2.45) is 0 Å². The normalized spacial score (nSPS) is 10.8. The van der Waals surface area contributed by atoms with Crippen LogP contribution in [0.15, 0.2) is 72.9 Å². The SMILES string of the molecule is CCN(CC)CCNC(=O)c1cc2c(Oc3ccc(NC(=S)NC(=O)Cc4ccccc4)cc3F)ccnc2cc1OC. The van der Waals surface area contributed by atoms with Crippen LogP contribution in [0.1, 0.15) is 29.8 Å². The van der Waals surface area contributed by atoms with Gasteiger partial charge in [0.05, 0.1) is 24.6 Å². The molecule has 0 saturated carbocycles. The molecule has 4 aromatic rings. The maximum Gasteiger partial charge on any atom is 0.255 e. The van der Waals surface area contributed by atoms with Crippen molar-refractivity contribution < 1.29 is 23.5 Å². The van der Waals surface area contributed by atoms with Crippen molar-refractivity contribution >= 4 is 45.7 Å². The first-order valence-electron chi connectivity index (χ1n) is 13.9. The lowest BCUT2D eigenvalue weighted by Gasteiger charge is -2.18. The van der Waals surface area contributed by atoms with E-state index in [0.29, 0.717) is 40.2 Å². The van der Waals surface area contributed by atoms with Crippen LogP contribution in [0.25, 0.3) is 10.9 Å². The Labute approximate surface area is 255 Å². The fraction of sp³-hybridized carbons (Fsp3) is 0.250. The summed E-state index contributed by atoms with van der Waals surface area (Å²) in [4.78, 5) is 31.9. The van der Waals surface area contributed by atoms with Gasteiger partial charge in [0.15, 0.2) is 16.7 Å². The van der Waals surface area contributed by atoms with Crippen LogP contribution < -0.4 is 25.4 Å². The first kappa shape index (κ1) is 31.3. The number of anilines is 1. The maximum atomic E-state index is 15.1. The molecule has 43 heavy (non-hydrogen) atoms. The Morgan fingerprint density at radius 1 is 0.977 bits per heavy atom. The Hall–Kier alpha value is -4.61. The van der Waals surface area contributed by atoms with Crippen molar-refractivity contribution in [1.29, 1.82) is 0 Å². The highest BCUT2D eigenvalue weighted by Gasteiger charge is 2.18. The number of rotatable bonds is 12. The van der Waals surface area contributed by atoms with Crippen LogP contribution in [-0.2, 0) is 11.2 Å². The van der Waals surface area contributed by atoms with Gasteiger partial charge in [0.1, 0.15) is 11.5 Å². The lowest BCUT2D eigenvalue weighted by Crippen LogP contribution is -2.35. The third-order valence-electron chi connectivity index (χ3n) is 6.75. The van der Waals surface area contributed by atoms with E-state index < -0.39 is 5.82 Å². The lowest BCUT2D eigenvalue weighted by atomic mass is 10.1. The molecule has 0 radical (unpaired) electrons. The number of carbonyl (C=O) groups excluding carboxylic acids is 2. The summed E-state index contributed by atoms with van der Waals surface area (Å²) in [7, 11) is 1.49. The van der Waals surface area contributed by atoms with Gasteiger partial charge in [-0.25, -0.2) is 4.39 Å². The molecule has 0 atom stereocenters. The number of benzene rings is 3. The van der Waals surface area contributed by atoms with Gasteiger partial charge in [0.2, 0.25) is 5.91 Å². The van der Waals surface area contributed by atoms with Crippen molar-refractivity contribution in [1.82, 2.24) is 20.5 Å². The average molecular weight is 604 g/mol. The van der Waals surface area contributed by atoms with Gasteiger partial charge in [0.25, 0.3) is 5.91 Å². The molecule has 0 bridgehead atoms. The Bertz CT molecular complexity index is 1600. The summed E-state index contributed by atoms with van der Waals surface area (Å²) in [5.74, 6) is -0.607. The van der Waals surface area contributed by atoms with E-state index in [9.17, 15) is 9.59 Å². The highest BCUT2D eigenvalue weighted by atomic mass is 32.1. The number of carbonyl (C=O) groups is 2. The number of nitrogens with one attached hydrogen (secondary N) is 3. The third kappa shape index (κ3) is 8.46. The van der Waals surface area contributed by atoms with Crippen LogP contribution in [0.4, 0.5) is 10.1 Å². The topological polar surface area (TPSA) is 105 Å². The number of methoxy groups -OCH3 is 1. The zero-order valence-electron chi connectivity index (χ0n) is 24.3. The van der Waals surface area contributed by atoms with Crippen molar-refractivity contribution in [2.45, 2.75) is 20.3 Å². The molecular weight excluding hydrogens is 569 g/mol. The molecule has 0 aliphatic rings. The molecule has 3 N–H and O–H groups in total. The Balaban J connectivity index is 1.46. The van der Waals surface area contributed by atoms with Crippen molar-refractivity contribution in [3.8, 4) is 17.2 Å². The van der Waals surface area contributed by atoms with Gasteiger partial charge in [-0.3, -0.25) is 14.6 Å². The standard InChI is InChI=1S/C32H34FN5O4S/c1-4-38(5-2)16-15-35-31(40)24-19-23-26(20-29(24)41-3)34-14-13-27(23)42-28-12-11-22(18-25(28)33)36-32(43)37-30(39)17-21-9-7-6-8-10-21/h6-14,18-20H,4-5,15-17H2,1-3H3,(H,35,40)(H2,36,37,39,43). The van der Waals surface area contributed by atoms with Crippen molar-refractivity contribution in [2.75, 3.05) is 38.6 Å². The molecular formula is C32H34FN5O4S. The molecule has 0 spiro atoms.